The van der Waals surface area contributed by atoms with Gasteiger partial charge in [-0.05, 0) is 43.2 Å². The molecule has 1 aliphatic rings. The maximum atomic E-state index is 12.6. The van der Waals surface area contributed by atoms with Gasteiger partial charge in [-0.25, -0.2) is 9.97 Å². The number of nitrogens with one attached hydrogen (secondary N) is 1. The van der Waals surface area contributed by atoms with Crippen molar-refractivity contribution in [2.75, 3.05) is 11.1 Å². The van der Waals surface area contributed by atoms with E-state index in [1.165, 1.54) is 21.5 Å². The van der Waals surface area contributed by atoms with E-state index in [2.05, 4.69) is 41.3 Å². The normalized spacial score (nSPS) is 16.0. The second-order valence-corrected chi connectivity index (χ2v) is 10.2. The van der Waals surface area contributed by atoms with Gasteiger partial charge in [-0.15, -0.1) is 22.7 Å². The number of amides is 1. The van der Waals surface area contributed by atoms with Crippen LogP contribution in [0.3, 0.4) is 0 Å². The summed E-state index contributed by atoms with van der Waals surface area (Å²) in [6, 6.07) is 4.41. The van der Waals surface area contributed by atoms with Crippen molar-refractivity contribution in [1.29, 1.82) is 5.26 Å². The van der Waals surface area contributed by atoms with E-state index >= 15 is 0 Å². The monoisotopic (exact) mass is 428 g/mol. The number of anilines is 1. The predicted molar refractivity (Wildman–Crippen MR) is 116 cm³/mol. The number of thiophene rings is 2. The van der Waals surface area contributed by atoms with Crippen LogP contribution >= 0.6 is 34.4 Å². The van der Waals surface area contributed by atoms with Gasteiger partial charge in [0.05, 0.1) is 11.3 Å². The standard InChI is InChI=1S/C20H20N4OS3/c1-3-12-7-14-18(22-10-23-19(14)27-12)26-9-17(25)24-20-15(8-21)13-5-4-11(2)6-16(13)28-20/h7,10-11H,3-6,9H2,1-2H3,(H,24,25)/t11-/m0/s1. The molecule has 1 amide bonds. The average Bonchev–Trinajstić information content (AvgIpc) is 3.26. The predicted octanol–water partition coefficient (Wildman–Crippen LogP) is 5.04. The van der Waals surface area contributed by atoms with Crippen molar-refractivity contribution >= 4 is 55.6 Å². The number of nitrogens with zero attached hydrogens (tertiary/aromatic N) is 3. The van der Waals surface area contributed by atoms with Gasteiger partial charge in [0.15, 0.2) is 0 Å². The summed E-state index contributed by atoms with van der Waals surface area (Å²) in [5, 5.41) is 15.1. The summed E-state index contributed by atoms with van der Waals surface area (Å²) >= 11 is 4.65. The van der Waals surface area contributed by atoms with Crippen LogP contribution < -0.4 is 5.32 Å². The fraction of sp³-hybridized carbons (Fsp3) is 0.400. The van der Waals surface area contributed by atoms with E-state index in [9.17, 15) is 10.1 Å². The first-order valence-electron chi connectivity index (χ1n) is 9.29. The summed E-state index contributed by atoms with van der Waals surface area (Å²) in [6.07, 6.45) is 5.55. The van der Waals surface area contributed by atoms with Crippen molar-refractivity contribution < 1.29 is 4.79 Å². The van der Waals surface area contributed by atoms with Gasteiger partial charge in [0.25, 0.3) is 0 Å². The third-order valence-electron chi connectivity index (χ3n) is 4.91. The first-order chi connectivity index (χ1) is 13.6. The van der Waals surface area contributed by atoms with Crippen molar-refractivity contribution in [3.05, 3.63) is 33.3 Å². The topological polar surface area (TPSA) is 78.7 Å². The first-order valence-corrected chi connectivity index (χ1v) is 11.9. The summed E-state index contributed by atoms with van der Waals surface area (Å²) in [6.45, 7) is 4.35. The lowest BCUT2D eigenvalue weighted by Gasteiger charge is -2.17. The Morgan fingerprint density at radius 2 is 2.29 bits per heavy atom. The van der Waals surface area contributed by atoms with Gasteiger partial charge >= 0.3 is 0 Å². The van der Waals surface area contributed by atoms with Gasteiger partial charge in [-0.2, -0.15) is 5.26 Å². The Morgan fingerprint density at radius 3 is 3.07 bits per heavy atom. The smallest absolute Gasteiger partial charge is 0.235 e. The summed E-state index contributed by atoms with van der Waals surface area (Å²) < 4.78 is 0. The Labute approximate surface area is 176 Å². The van der Waals surface area contributed by atoms with Gasteiger partial charge in [0, 0.05) is 15.1 Å². The highest BCUT2D eigenvalue weighted by Gasteiger charge is 2.24. The Bertz CT molecular complexity index is 1080. The minimum atomic E-state index is -0.106. The van der Waals surface area contributed by atoms with Crippen molar-refractivity contribution in [3.63, 3.8) is 0 Å². The largest absolute Gasteiger partial charge is 0.316 e. The number of hydrogen-bond acceptors (Lipinski definition) is 7. The molecule has 3 heterocycles. The van der Waals surface area contributed by atoms with Crippen LogP contribution in [0.1, 0.15) is 41.1 Å². The molecule has 0 radical (unpaired) electrons. The van der Waals surface area contributed by atoms with Gasteiger partial charge in [-0.3, -0.25) is 4.79 Å². The fourth-order valence-corrected chi connectivity index (χ4v) is 6.58. The summed E-state index contributed by atoms with van der Waals surface area (Å²) in [7, 11) is 0. The van der Waals surface area contributed by atoms with E-state index in [0.29, 0.717) is 16.5 Å². The van der Waals surface area contributed by atoms with E-state index < -0.39 is 0 Å². The molecule has 3 aromatic heterocycles. The molecule has 1 atom stereocenters. The highest BCUT2D eigenvalue weighted by molar-refractivity contribution is 8.00. The maximum Gasteiger partial charge on any atom is 0.235 e. The van der Waals surface area contributed by atoms with E-state index in [1.54, 1.807) is 29.0 Å². The molecule has 1 N–H and O–H groups in total. The number of nitriles is 1. The molecule has 4 rings (SSSR count). The molecular formula is C20H20N4OS3. The Balaban J connectivity index is 1.47. The number of carbonyl (C=O) groups is 1. The average molecular weight is 429 g/mol. The molecule has 0 fully saturated rings. The Morgan fingerprint density at radius 1 is 1.43 bits per heavy atom. The highest BCUT2D eigenvalue weighted by Crippen LogP contribution is 2.39. The van der Waals surface area contributed by atoms with Crippen molar-refractivity contribution in [2.45, 2.75) is 44.6 Å². The van der Waals surface area contributed by atoms with Crippen molar-refractivity contribution in [2.24, 2.45) is 5.92 Å². The number of hydrogen-bond donors (Lipinski definition) is 1. The number of aryl methyl sites for hydroxylation is 1. The van der Waals surface area contributed by atoms with Crippen molar-refractivity contribution in [3.8, 4) is 6.07 Å². The second kappa shape index (κ2) is 8.19. The fourth-order valence-electron chi connectivity index (χ4n) is 3.43. The molecule has 5 nitrogen and oxygen atoms in total. The lowest BCUT2D eigenvalue weighted by Crippen LogP contribution is -2.14. The van der Waals surface area contributed by atoms with E-state index in [0.717, 1.165) is 46.5 Å². The van der Waals surface area contributed by atoms with Crippen LogP contribution in [0.4, 0.5) is 5.00 Å². The molecule has 3 aromatic rings. The number of aromatic nitrogens is 2. The van der Waals surface area contributed by atoms with E-state index in [-0.39, 0.29) is 11.7 Å². The molecular weight excluding hydrogens is 408 g/mol. The van der Waals surface area contributed by atoms with Crippen LogP contribution in [0, 0.1) is 17.2 Å². The lowest BCUT2D eigenvalue weighted by molar-refractivity contribution is -0.113. The lowest BCUT2D eigenvalue weighted by atomic mass is 9.89. The zero-order valence-electron chi connectivity index (χ0n) is 15.7. The van der Waals surface area contributed by atoms with Crippen LogP contribution in [-0.4, -0.2) is 21.6 Å². The number of carbonyl (C=O) groups excluding carboxylic acids is 1. The molecule has 28 heavy (non-hydrogen) atoms. The van der Waals surface area contributed by atoms with Gasteiger partial charge in [-0.1, -0.05) is 25.6 Å². The summed E-state index contributed by atoms with van der Waals surface area (Å²) in [4.78, 5) is 24.7. The van der Waals surface area contributed by atoms with Gasteiger partial charge < -0.3 is 5.32 Å². The minimum Gasteiger partial charge on any atom is -0.316 e. The Kier molecular flexibility index (Phi) is 5.67. The van der Waals surface area contributed by atoms with Crippen LogP contribution in [0.15, 0.2) is 17.4 Å². The molecule has 8 heteroatoms. The molecule has 0 bridgehead atoms. The van der Waals surface area contributed by atoms with Crippen LogP contribution in [-0.2, 0) is 24.1 Å². The molecule has 0 saturated heterocycles. The first kappa shape index (κ1) is 19.4. The zero-order valence-corrected chi connectivity index (χ0v) is 18.2. The quantitative estimate of drug-likeness (QED) is 0.455. The molecule has 0 aromatic carbocycles. The molecule has 144 valence electrons. The minimum absolute atomic E-state index is 0.106. The SMILES string of the molecule is CCc1cc2c(SCC(=O)Nc3sc4c(c3C#N)CC[C@H](C)C4)ncnc2s1. The number of rotatable bonds is 5. The van der Waals surface area contributed by atoms with Gasteiger partial charge in [0.2, 0.25) is 5.91 Å². The van der Waals surface area contributed by atoms with Crippen molar-refractivity contribution in [1.82, 2.24) is 9.97 Å². The third kappa shape index (κ3) is 3.79. The number of thioether (sulfide) groups is 1. The summed E-state index contributed by atoms with van der Waals surface area (Å²) in [5.41, 5.74) is 1.79. The van der Waals surface area contributed by atoms with E-state index in [1.807, 2.05) is 0 Å². The molecule has 0 spiro atoms. The zero-order chi connectivity index (χ0) is 19.7. The maximum absolute atomic E-state index is 12.6. The molecule has 0 unspecified atom stereocenters. The highest BCUT2D eigenvalue weighted by atomic mass is 32.2. The van der Waals surface area contributed by atoms with Gasteiger partial charge in [0.1, 0.15) is 27.3 Å². The second-order valence-electron chi connectivity index (χ2n) is 6.97. The molecule has 0 saturated carbocycles. The van der Waals surface area contributed by atoms with Crippen LogP contribution in [0.5, 0.6) is 0 Å². The Hall–Kier alpha value is -1.95. The summed E-state index contributed by atoms with van der Waals surface area (Å²) in [5.74, 6) is 0.786. The molecule has 1 aliphatic carbocycles. The third-order valence-corrected chi connectivity index (χ3v) is 8.27. The number of fused-ring (bicyclic) bond motifs is 2. The van der Waals surface area contributed by atoms with Crippen LogP contribution in [0.2, 0.25) is 0 Å². The van der Waals surface area contributed by atoms with E-state index in [4.69, 9.17) is 0 Å². The van der Waals surface area contributed by atoms with Crippen LogP contribution in [0.25, 0.3) is 10.2 Å². The molecule has 0 aliphatic heterocycles.